The maximum atomic E-state index is 12.6. The summed E-state index contributed by atoms with van der Waals surface area (Å²) in [5.41, 5.74) is 1.63. The maximum Gasteiger partial charge on any atom is 0.227 e. The maximum absolute atomic E-state index is 12.6. The molecule has 1 saturated carbocycles. The molecule has 0 spiro atoms. The van der Waals surface area contributed by atoms with Crippen molar-refractivity contribution in [2.24, 2.45) is 11.8 Å². The Kier molecular flexibility index (Phi) is 4.37. The molecule has 0 radical (unpaired) electrons. The number of rotatable bonds is 5. The summed E-state index contributed by atoms with van der Waals surface area (Å²) < 4.78 is 0. The summed E-state index contributed by atoms with van der Waals surface area (Å²) in [5, 5.41) is 7.35. The minimum absolute atomic E-state index is 0.0852. The van der Waals surface area contributed by atoms with Crippen molar-refractivity contribution < 1.29 is 4.79 Å². The van der Waals surface area contributed by atoms with Crippen LogP contribution in [0.25, 0.3) is 11.0 Å². The Labute approximate surface area is 145 Å². The van der Waals surface area contributed by atoms with Crippen LogP contribution < -0.4 is 10.6 Å². The van der Waals surface area contributed by atoms with E-state index >= 15 is 0 Å². The molecule has 0 bridgehead atoms. The molecule has 0 atom stereocenters. The summed E-state index contributed by atoms with van der Waals surface area (Å²) in [4.78, 5) is 27.2. The van der Waals surface area contributed by atoms with Gasteiger partial charge in [-0.1, -0.05) is 0 Å². The molecule has 0 saturated heterocycles. The van der Waals surface area contributed by atoms with E-state index in [-0.39, 0.29) is 11.8 Å². The lowest BCUT2D eigenvalue weighted by Crippen LogP contribution is -2.29. The van der Waals surface area contributed by atoms with Crippen LogP contribution in [-0.4, -0.2) is 32.4 Å². The van der Waals surface area contributed by atoms with Crippen LogP contribution in [0, 0.1) is 11.8 Å². The number of amides is 1. The lowest BCUT2D eigenvalue weighted by molar-refractivity contribution is -0.121. The van der Waals surface area contributed by atoms with Gasteiger partial charge in [0, 0.05) is 42.6 Å². The van der Waals surface area contributed by atoms with Gasteiger partial charge >= 0.3 is 0 Å². The second kappa shape index (κ2) is 6.96. The van der Waals surface area contributed by atoms with Crippen LogP contribution in [-0.2, 0) is 4.79 Å². The van der Waals surface area contributed by atoms with E-state index in [0.29, 0.717) is 5.92 Å². The zero-order valence-corrected chi connectivity index (χ0v) is 14.0. The highest BCUT2D eigenvalue weighted by Gasteiger charge is 2.26. The number of H-pyrrole nitrogens is 2. The van der Waals surface area contributed by atoms with Gasteiger partial charge in [0.2, 0.25) is 5.91 Å². The van der Waals surface area contributed by atoms with Crippen molar-refractivity contribution in [3.05, 3.63) is 36.9 Å². The largest absolute Gasteiger partial charge is 0.356 e. The number of aromatic nitrogens is 4. The zero-order chi connectivity index (χ0) is 17.1. The zero-order valence-electron chi connectivity index (χ0n) is 14.0. The Hall–Kier alpha value is -2.83. The number of fused-ring (bicyclic) bond motifs is 1. The number of carbonyl (C=O) groups is 1. The SMILES string of the molecule is O=C(Nc1ccnc2[nH]ccc12)C1CCC(CNc2ncc[nH]2)CC1. The highest BCUT2D eigenvalue weighted by Crippen LogP contribution is 2.30. The fraction of sp³-hybridized carbons (Fsp3) is 0.389. The van der Waals surface area contributed by atoms with E-state index in [2.05, 4.69) is 30.6 Å². The van der Waals surface area contributed by atoms with E-state index < -0.39 is 0 Å². The van der Waals surface area contributed by atoms with E-state index in [1.54, 1.807) is 12.4 Å². The first-order valence-corrected chi connectivity index (χ1v) is 8.76. The van der Waals surface area contributed by atoms with Gasteiger partial charge < -0.3 is 20.6 Å². The predicted molar refractivity (Wildman–Crippen MR) is 97.2 cm³/mol. The summed E-state index contributed by atoms with van der Waals surface area (Å²) in [6.07, 6.45) is 11.1. The number of imidazole rings is 1. The monoisotopic (exact) mass is 338 g/mol. The predicted octanol–water partition coefficient (Wildman–Crippen LogP) is 3.14. The summed E-state index contributed by atoms with van der Waals surface area (Å²) in [5.74, 6) is 1.60. The minimum atomic E-state index is 0.0852. The second-order valence-electron chi connectivity index (χ2n) is 6.62. The van der Waals surface area contributed by atoms with E-state index in [4.69, 9.17) is 0 Å². The molecule has 25 heavy (non-hydrogen) atoms. The Morgan fingerprint density at radius 1 is 1.08 bits per heavy atom. The van der Waals surface area contributed by atoms with E-state index in [1.165, 1.54) is 0 Å². The van der Waals surface area contributed by atoms with Crippen LogP contribution in [0.4, 0.5) is 11.6 Å². The smallest absolute Gasteiger partial charge is 0.227 e. The van der Waals surface area contributed by atoms with Crippen LogP contribution >= 0.6 is 0 Å². The van der Waals surface area contributed by atoms with Crippen LogP contribution in [0.5, 0.6) is 0 Å². The molecule has 0 aliphatic heterocycles. The average molecular weight is 338 g/mol. The third-order valence-electron chi connectivity index (χ3n) is 4.99. The van der Waals surface area contributed by atoms with Gasteiger partial charge in [0.15, 0.2) is 5.95 Å². The van der Waals surface area contributed by atoms with Gasteiger partial charge in [-0.2, -0.15) is 0 Å². The van der Waals surface area contributed by atoms with E-state index in [9.17, 15) is 4.79 Å². The fourth-order valence-corrected chi connectivity index (χ4v) is 3.54. The standard InChI is InChI=1S/C18H22N6O/c25-17(24-15-6-8-20-16-14(15)5-7-19-16)13-3-1-12(2-4-13)11-23-18-21-9-10-22-18/h5-10,12-13H,1-4,11H2,(H2,21,22,23)(H2,19,20,24,25). The first-order chi connectivity index (χ1) is 12.3. The summed E-state index contributed by atoms with van der Waals surface area (Å²) in [6, 6.07) is 3.79. The molecule has 7 nitrogen and oxygen atoms in total. The molecular weight excluding hydrogens is 316 g/mol. The molecule has 0 aromatic carbocycles. The fourth-order valence-electron chi connectivity index (χ4n) is 3.54. The molecule has 3 aromatic heterocycles. The number of carbonyl (C=O) groups excluding carboxylic acids is 1. The van der Waals surface area contributed by atoms with Crippen LogP contribution in [0.3, 0.4) is 0 Å². The molecule has 0 unspecified atom stereocenters. The van der Waals surface area contributed by atoms with Crippen molar-refractivity contribution in [1.82, 2.24) is 19.9 Å². The molecule has 3 heterocycles. The quantitative estimate of drug-likeness (QED) is 0.574. The van der Waals surface area contributed by atoms with Crippen molar-refractivity contribution in [2.75, 3.05) is 17.2 Å². The highest BCUT2D eigenvalue weighted by atomic mass is 16.1. The average Bonchev–Trinajstić information content (AvgIpc) is 3.32. The lowest BCUT2D eigenvalue weighted by atomic mass is 9.81. The molecule has 1 aliphatic carbocycles. The highest BCUT2D eigenvalue weighted by molar-refractivity contribution is 6.00. The van der Waals surface area contributed by atoms with Crippen LogP contribution in [0.1, 0.15) is 25.7 Å². The van der Waals surface area contributed by atoms with Crippen LogP contribution in [0.2, 0.25) is 0 Å². The number of hydrogen-bond donors (Lipinski definition) is 4. The summed E-state index contributed by atoms with van der Waals surface area (Å²) in [7, 11) is 0. The molecule has 1 fully saturated rings. The summed E-state index contributed by atoms with van der Waals surface area (Å²) in [6.45, 7) is 0.899. The molecule has 1 amide bonds. The number of anilines is 2. The number of aromatic amines is 2. The molecule has 7 heteroatoms. The molecule has 3 aromatic rings. The van der Waals surface area contributed by atoms with Gasteiger partial charge in [-0.25, -0.2) is 9.97 Å². The van der Waals surface area contributed by atoms with E-state index in [0.717, 1.165) is 54.9 Å². The molecule has 130 valence electrons. The third-order valence-corrected chi connectivity index (χ3v) is 4.99. The molecule has 4 N–H and O–H groups in total. The second-order valence-corrected chi connectivity index (χ2v) is 6.62. The van der Waals surface area contributed by atoms with Crippen molar-refractivity contribution in [3.63, 3.8) is 0 Å². The van der Waals surface area contributed by atoms with Crippen LogP contribution in [0.15, 0.2) is 36.9 Å². The van der Waals surface area contributed by atoms with Crippen molar-refractivity contribution in [3.8, 4) is 0 Å². The summed E-state index contributed by atoms with van der Waals surface area (Å²) >= 11 is 0. The van der Waals surface area contributed by atoms with Gasteiger partial charge in [-0.05, 0) is 43.7 Å². The van der Waals surface area contributed by atoms with Crippen molar-refractivity contribution >= 4 is 28.6 Å². The molecule has 1 aliphatic rings. The third kappa shape index (κ3) is 3.50. The Morgan fingerprint density at radius 3 is 2.76 bits per heavy atom. The Morgan fingerprint density at radius 2 is 1.96 bits per heavy atom. The Balaban J connectivity index is 1.30. The van der Waals surface area contributed by atoms with E-state index in [1.807, 2.05) is 24.5 Å². The van der Waals surface area contributed by atoms with Gasteiger partial charge in [0.1, 0.15) is 5.65 Å². The van der Waals surface area contributed by atoms with Crippen molar-refractivity contribution in [2.45, 2.75) is 25.7 Å². The molecular formula is C18H22N6O. The Bertz CT molecular complexity index is 832. The van der Waals surface area contributed by atoms with Gasteiger partial charge in [-0.15, -0.1) is 0 Å². The first kappa shape index (κ1) is 15.7. The number of hydrogen-bond acceptors (Lipinski definition) is 4. The molecule has 4 rings (SSSR count). The minimum Gasteiger partial charge on any atom is -0.356 e. The van der Waals surface area contributed by atoms with Gasteiger partial charge in [0.05, 0.1) is 5.69 Å². The first-order valence-electron chi connectivity index (χ1n) is 8.76. The number of pyridine rings is 1. The number of nitrogens with zero attached hydrogens (tertiary/aromatic N) is 2. The normalized spacial score (nSPS) is 20.5. The lowest BCUT2D eigenvalue weighted by Gasteiger charge is -2.27. The van der Waals surface area contributed by atoms with Gasteiger partial charge in [0.25, 0.3) is 0 Å². The topological polar surface area (TPSA) is 98.5 Å². The number of nitrogens with one attached hydrogen (secondary N) is 4. The van der Waals surface area contributed by atoms with Gasteiger partial charge in [-0.3, -0.25) is 4.79 Å². The van der Waals surface area contributed by atoms with Crippen molar-refractivity contribution in [1.29, 1.82) is 0 Å².